The summed E-state index contributed by atoms with van der Waals surface area (Å²) in [5.41, 5.74) is 0. The molecular weight excluding hydrogens is 156 g/mol. The first kappa shape index (κ1) is 11.6. The molecule has 0 amide bonds. The molecule has 52 valence electrons. The van der Waals surface area contributed by atoms with E-state index in [1.165, 1.54) is 0 Å². The number of hydrogen-bond acceptors (Lipinski definition) is 1. The molecule has 0 heterocycles. The van der Waals surface area contributed by atoms with Crippen LogP contribution in [0.15, 0.2) is 0 Å². The second kappa shape index (κ2) is 15.7. The maximum Gasteiger partial charge on any atom is 0.0231 e. The molecule has 0 nitrogen and oxygen atoms in total. The van der Waals surface area contributed by atoms with Crippen LogP contribution in [0.4, 0.5) is 0 Å². The van der Waals surface area contributed by atoms with Crippen LogP contribution in [0.5, 0.6) is 0 Å². The van der Waals surface area contributed by atoms with Gasteiger partial charge in [0, 0.05) is 15.4 Å². The van der Waals surface area contributed by atoms with E-state index in [0.717, 1.165) is 18.1 Å². The van der Waals surface area contributed by atoms with E-state index in [0.29, 0.717) is 9.52 Å². The topological polar surface area (TPSA) is 0 Å². The minimum atomic E-state index is 0.417. The Bertz CT molecular complexity index is 26.4. The number of thiol groups is 1. The van der Waals surface area contributed by atoms with Gasteiger partial charge in [-0.2, -0.15) is 12.6 Å². The predicted molar refractivity (Wildman–Crippen MR) is 49.5 cm³/mol. The van der Waals surface area contributed by atoms with Crippen LogP contribution in [0, 0.1) is 0 Å². The highest BCUT2D eigenvalue weighted by molar-refractivity contribution is 7.80. The average molecular weight is 171 g/mol. The second-order valence-corrected chi connectivity index (χ2v) is 3.71. The molecule has 0 fully saturated rings. The minimum absolute atomic E-state index is 0.417. The van der Waals surface area contributed by atoms with Crippen LogP contribution < -0.4 is 0 Å². The molecule has 0 unspecified atom stereocenters. The molecule has 0 rings (SSSR count). The summed E-state index contributed by atoms with van der Waals surface area (Å²) in [7, 11) is 0.417. The lowest BCUT2D eigenvalue weighted by molar-refractivity contribution is 1.12. The van der Waals surface area contributed by atoms with Crippen molar-refractivity contribution >= 4 is 33.7 Å². The van der Waals surface area contributed by atoms with E-state index < -0.39 is 0 Å². The lowest BCUT2D eigenvalue weighted by Gasteiger charge is -1.77. The molecule has 0 N–H and O–H groups in total. The van der Waals surface area contributed by atoms with Crippen molar-refractivity contribution in [1.82, 2.24) is 0 Å². The molecule has 0 radical (unpaired) electrons. The van der Waals surface area contributed by atoms with Crippen LogP contribution in [0.3, 0.4) is 0 Å². The summed E-state index contributed by atoms with van der Waals surface area (Å²) in [4.78, 5) is 0. The van der Waals surface area contributed by atoms with Gasteiger partial charge in [0.25, 0.3) is 0 Å². The smallest absolute Gasteiger partial charge is 0.0231 e. The molecule has 0 aliphatic rings. The third-order valence-corrected chi connectivity index (χ3v) is 0.875. The first-order valence-electron chi connectivity index (χ1n) is 3.00. The fourth-order valence-corrected chi connectivity index (χ4v) is 0.538. The lowest BCUT2D eigenvalue weighted by atomic mass is 10.6. The normalized spacial score (nSPS) is 7.50. The van der Waals surface area contributed by atoms with E-state index in [1.807, 2.05) is 0 Å². The number of rotatable bonds is 2. The largest absolute Gasteiger partial charge is 0.179 e. The van der Waals surface area contributed by atoms with Crippen LogP contribution in [-0.2, 0) is 0 Å². The van der Waals surface area contributed by atoms with E-state index in [-0.39, 0.29) is 0 Å². The lowest BCUT2D eigenvalue weighted by Crippen LogP contribution is -1.71. The Kier molecular flexibility index (Phi) is 22.8. The zero-order valence-corrected chi connectivity index (χ0v) is 8.72. The van der Waals surface area contributed by atoms with Crippen LogP contribution >= 0.6 is 24.2 Å². The molecule has 0 aliphatic heterocycles. The number of hydrogen-bond donors (Lipinski definition) is 1. The zero-order chi connectivity index (χ0) is 6.83. The van der Waals surface area contributed by atoms with Crippen LogP contribution in [-0.4, -0.2) is 21.2 Å². The Morgan fingerprint density at radius 1 is 1.50 bits per heavy atom. The number of halogens is 1. The van der Waals surface area contributed by atoms with Gasteiger partial charge in [-0.25, -0.2) is 0 Å². The maximum atomic E-state index is 5.25. The molecule has 0 saturated heterocycles. The third kappa shape index (κ3) is 28.8. The molecule has 0 aromatic rings. The van der Waals surface area contributed by atoms with Crippen molar-refractivity contribution in [3.05, 3.63) is 0 Å². The Balaban J connectivity index is 0. The molecule has 3 heteroatoms. The van der Waals surface area contributed by atoms with Crippen LogP contribution in [0.2, 0.25) is 13.1 Å². The van der Waals surface area contributed by atoms with E-state index >= 15 is 0 Å². The summed E-state index contributed by atoms with van der Waals surface area (Å²) >= 11 is 9.17. The van der Waals surface area contributed by atoms with Gasteiger partial charge in [0.05, 0.1) is 0 Å². The fourth-order valence-electron chi connectivity index (χ4n) is 0.0598. The maximum absolute atomic E-state index is 5.25. The highest BCUT2D eigenvalue weighted by Crippen LogP contribution is 1.84. The van der Waals surface area contributed by atoms with Crippen molar-refractivity contribution in [1.29, 1.82) is 0 Å². The standard InChI is InChI=1S/C3H7ClS.C2H8Si/c4-2-1-3-5;1-3-2/h5H,1-3H2;3H2,1-2H3. The zero-order valence-electron chi connectivity index (χ0n) is 5.65. The van der Waals surface area contributed by atoms with Crippen molar-refractivity contribution in [2.75, 3.05) is 11.6 Å². The van der Waals surface area contributed by atoms with Crippen molar-refractivity contribution < 1.29 is 0 Å². The van der Waals surface area contributed by atoms with Crippen LogP contribution in [0.25, 0.3) is 0 Å². The molecule has 8 heavy (non-hydrogen) atoms. The first-order chi connectivity index (χ1) is 3.83. The molecule has 0 saturated carbocycles. The summed E-state index contributed by atoms with van der Waals surface area (Å²) in [6.07, 6.45) is 1.02. The van der Waals surface area contributed by atoms with E-state index in [2.05, 4.69) is 25.7 Å². The van der Waals surface area contributed by atoms with E-state index in [4.69, 9.17) is 11.6 Å². The number of alkyl halides is 1. The van der Waals surface area contributed by atoms with Gasteiger partial charge in [-0.15, -0.1) is 11.6 Å². The minimum Gasteiger partial charge on any atom is -0.179 e. The van der Waals surface area contributed by atoms with Crippen molar-refractivity contribution in [2.24, 2.45) is 0 Å². The fraction of sp³-hybridized carbons (Fsp3) is 1.00. The van der Waals surface area contributed by atoms with Crippen molar-refractivity contribution in [2.45, 2.75) is 19.5 Å². The van der Waals surface area contributed by atoms with Gasteiger partial charge in [-0.05, 0) is 12.2 Å². The van der Waals surface area contributed by atoms with Crippen molar-refractivity contribution in [3.8, 4) is 0 Å². The van der Waals surface area contributed by atoms with E-state index in [1.54, 1.807) is 0 Å². The molecule has 0 aliphatic carbocycles. The molecule has 0 spiro atoms. The molecule has 0 bridgehead atoms. The van der Waals surface area contributed by atoms with Gasteiger partial charge in [0.1, 0.15) is 0 Å². The van der Waals surface area contributed by atoms with E-state index in [9.17, 15) is 0 Å². The highest BCUT2D eigenvalue weighted by Gasteiger charge is 1.70. The van der Waals surface area contributed by atoms with Gasteiger partial charge < -0.3 is 0 Å². The molecular formula is C5H15ClSSi. The first-order valence-corrected chi connectivity index (χ1v) is 6.99. The summed E-state index contributed by atoms with van der Waals surface area (Å²) in [6, 6.07) is 0. The van der Waals surface area contributed by atoms with Crippen molar-refractivity contribution in [3.63, 3.8) is 0 Å². The summed E-state index contributed by atoms with van der Waals surface area (Å²) in [6.45, 7) is 4.53. The average Bonchev–Trinajstić information content (AvgIpc) is 1.71. The Hall–Kier alpha value is 0.857. The predicted octanol–water partition coefficient (Wildman–Crippen LogP) is 1.80. The monoisotopic (exact) mass is 170 g/mol. The Labute approximate surface area is 65.2 Å². The van der Waals surface area contributed by atoms with Gasteiger partial charge >= 0.3 is 0 Å². The van der Waals surface area contributed by atoms with Gasteiger partial charge in [0.2, 0.25) is 0 Å². The molecule has 0 atom stereocenters. The SMILES string of the molecule is C[SiH2]C.SCCCCl. The Morgan fingerprint density at radius 3 is 1.88 bits per heavy atom. The van der Waals surface area contributed by atoms with Crippen LogP contribution in [0.1, 0.15) is 6.42 Å². The van der Waals surface area contributed by atoms with Gasteiger partial charge in [-0.3, -0.25) is 0 Å². The Morgan fingerprint density at radius 2 is 1.88 bits per heavy atom. The van der Waals surface area contributed by atoms with Gasteiger partial charge in [-0.1, -0.05) is 13.1 Å². The summed E-state index contributed by atoms with van der Waals surface area (Å²) < 4.78 is 0. The third-order valence-electron chi connectivity index (χ3n) is 0.292. The quantitative estimate of drug-likeness (QED) is 0.365. The highest BCUT2D eigenvalue weighted by atomic mass is 35.5. The summed E-state index contributed by atoms with van der Waals surface area (Å²) in [5.74, 6) is 1.65. The van der Waals surface area contributed by atoms with Gasteiger partial charge in [0.15, 0.2) is 0 Å². The second-order valence-electron chi connectivity index (χ2n) is 1.47. The molecule has 0 aromatic carbocycles. The molecule has 0 aromatic heterocycles. The summed E-state index contributed by atoms with van der Waals surface area (Å²) in [5, 5.41) is 0.